The highest BCUT2D eigenvalue weighted by atomic mass is 16.1. The molecule has 150 valence electrons. The number of fused-ring (bicyclic) bond motifs is 1. The Labute approximate surface area is 171 Å². The van der Waals surface area contributed by atoms with Gasteiger partial charge in [-0.3, -0.25) is 9.69 Å². The van der Waals surface area contributed by atoms with Gasteiger partial charge in [-0.15, -0.1) is 0 Å². The molecular formula is C24H28N4O. The number of aromatic nitrogens is 2. The van der Waals surface area contributed by atoms with E-state index in [4.69, 9.17) is 0 Å². The van der Waals surface area contributed by atoms with Gasteiger partial charge in [0.15, 0.2) is 0 Å². The Morgan fingerprint density at radius 2 is 1.86 bits per heavy atom. The Balaban J connectivity index is 1.39. The van der Waals surface area contributed by atoms with Crippen LogP contribution in [-0.2, 0) is 4.79 Å². The van der Waals surface area contributed by atoms with Crippen molar-refractivity contribution in [2.75, 3.05) is 16.8 Å². The molecule has 2 aromatic heterocycles. The minimum absolute atomic E-state index is 0.298. The first-order valence-corrected chi connectivity index (χ1v) is 10.9. The molecule has 0 spiro atoms. The summed E-state index contributed by atoms with van der Waals surface area (Å²) in [5, 5.41) is 4.70. The molecule has 5 rings (SSSR count). The van der Waals surface area contributed by atoms with Gasteiger partial charge in [0.25, 0.3) is 0 Å². The van der Waals surface area contributed by atoms with E-state index in [2.05, 4.69) is 45.6 Å². The van der Waals surface area contributed by atoms with Crippen LogP contribution in [0.4, 0.5) is 11.5 Å². The lowest BCUT2D eigenvalue weighted by atomic mass is 9.89. The van der Waals surface area contributed by atoms with E-state index < -0.39 is 0 Å². The molecule has 0 atom stereocenters. The Bertz CT molecular complexity index is 984. The van der Waals surface area contributed by atoms with Crippen LogP contribution in [0, 0.1) is 5.92 Å². The third kappa shape index (κ3) is 3.86. The number of nitrogens with zero attached hydrogens (tertiary/aromatic N) is 2. The van der Waals surface area contributed by atoms with Gasteiger partial charge >= 0.3 is 0 Å². The quantitative estimate of drug-likeness (QED) is 0.537. The van der Waals surface area contributed by atoms with E-state index in [1.165, 1.54) is 37.8 Å². The fourth-order valence-corrected chi connectivity index (χ4v) is 4.50. The van der Waals surface area contributed by atoms with E-state index in [0.29, 0.717) is 6.04 Å². The summed E-state index contributed by atoms with van der Waals surface area (Å²) < 4.78 is 0. The predicted molar refractivity (Wildman–Crippen MR) is 118 cm³/mol. The van der Waals surface area contributed by atoms with Gasteiger partial charge < -0.3 is 10.3 Å². The average Bonchev–Trinajstić information content (AvgIpc) is 3.49. The summed E-state index contributed by atoms with van der Waals surface area (Å²) in [6, 6.07) is 13.1. The fourth-order valence-electron chi connectivity index (χ4n) is 4.50. The number of pyridine rings is 1. The van der Waals surface area contributed by atoms with Crippen molar-refractivity contribution in [3.8, 4) is 11.1 Å². The number of carbonyl (C=O) groups excluding carboxylic acids is 1. The van der Waals surface area contributed by atoms with E-state index in [9.17, 15) is 4.79 Å². The van der Waals surface area contributed by atoms with Gasteiger partial charge in [-0.2, -0.15) is 0 Å². The van der Waals surface area contributed by atoms with Crippen LogP contribution in [0.3, 0.4) is 0 Å². The molecule has 0 aliphatic heterocycles. The van der Waals surface area contributed by atoms with Crippen molar-refractivity contribution in [2.45, 2.75) is 51.0 Å². The monoisotopic (exact) mass is 388 g/mol. The molecule has 2 aliphatic carbocycles. The SMILES string of the molecule is O=CN(c1cc(-c2ccc(NCC3CCCCC3)cc2)c2cc[nH]c2n1)C1CC1. The van der Waals surface area contributed by atoms with Crippen molar-refractivity contribution >= 4 is 28.9 Å². The fraction of sp³-hybridized carbons (Fsp3) is 0.417. The zero-order valence-electron chi connectivity index (χ0n) is 16.7. The first-order valence-electron chi connectivity index (χ1n) is 10.9. The first kappa shape index (κ1) is 18.2. The molecular weight excluding hydrogens is 360 g/mol. The number of benzene rings is 1. The van der Waals surface area contributed by atoms with Crippen LogP contribution >= 0.6 is 0 Å². The van der Waals surface area contributed by atoms with Crippen LogP contribution < -0.4 is 10.2 Å². The molecule has 2 fully saturated rings. The summed E-state index contributed by atoms with van der Waals surface area (Å²) in [7, 11) is 0. The van der Waals surface area contributed by atoms with E-state index >= 15 is 0 Å². The van der Waals surface area contributed by atoms with Crippen molar-refractivity contribution in [1.29, 1.82) is 0 Å². The zero-order chi connectivity index (χ0) is 19.6. The first-order chi connectivity index (χ1) is 14.3. The Kier molecular flexibility index (Phi) is 4.96. The lowest BCUT2D eigenvalue weighted by Gasteiger charge is -2.22. The topological polar surface area (TPSA) is 61.0 Å². The minimum Gasteiger partial charge on any atom is -0.385 e. The lowest BCUT2D eigenvalue weighted by molar-refractivity contribution is -0.107. The van der Waals surface area contributed by atoms with Gasteiger partial charge in [-0.25, -0.2) is 4.98 Å². The number of nitrogens with one attached hydrogen (secondary N) is 2. The third-order valence-corrected chi connectivity index (χ3v) is 6.35. The second-order valence-corrected chi connectivity index (χ2v) is 8.47. The molecule has 29 heavy (non-hydrogen) atoms. The van der Waals surface area contributed by atoms with Gasteiger partial charge in [-0.05, 0) is 67.0 Å². The highest BCUT2D eigenvalue weighted by Crippen LogP contribution is 2.35. The molecule has 1 amide bonds. The number of rotatable bonds is 7. The summed E-state index contributed by atoms with van der Waals surface area (Å²) in [4.78, 5) is 21.3. The van der Waals surface area contributed by atoms with E-state index in [1.54, 1.807) is 4.90 Å². The van der Waals surface area contributed by atoms with Crippen LogP contribution in [0.5, 0.6) is 0 Å². The highest BCUT2D eigenvalue weighted by Gasteiger charge is 2.30. The molecule has 2 saturated carbocycles. The van der Waals surface area contributed by atoms with Crippen LogP contribution in [-0.4, -0.2) is 29.0 Å². The van der Waals surface area contributed by atoms with Crippen molar-refractivity contribution in [3.05, 3.63) is 42.6 Å². The normalized spacial score (nSPS) is 17.4. The smallest absolute Gasteiger partial charge is 0.215 e. The summed E-state index contributed by atoms with van der Waals surface area (Å²) in [6.07, 6.45) is 11.8. The van der Waals surface area contributed by atoms with Crippen molar-refractivity contribution < 1.29 is 4.79 Å². The standard InChI is InChI=1S/C24H28N4O/c29-16-28(20-10-11-20)23-14-22(21-12-13-25-24(21)27-23)18-6-8-19(9-7-18)26-15-17-4-2-1-3-5-17/h6-9,12-14,16-17,20,26H,1-5,10-11,15H2,(H,25,27). The molecule has 2 heterocycles. The molecule has 0 bridgehead atoms. The van der Waals surface area contributed by atoms with Crippen molar-refractivity contribution in [3.63, 3.8) is 0 Å². The molecule has 2 aliphatic rings. The van der Waals surface area contributed by atoms with Gasteiger partial charge in [0.2, 0.25) is 6.41 Å². The molecule has 2 N–H and O–H groups in total. The number of aromatic amines is 1. The Morgan fingerprint density at radius 1 is 1.07 bits per heavy atom. The lowest BCUT2D eigenvalue weighted by Crippen LogP contribution is -2.24. The maximum absolute atomic E-state index is 11.6. The molecule has 5 heteroatoms. The van der Waals surface area contributed by atoms with E-state index in [1.807, 2.05) is 12.3 Å². The van der Waals surface area contributed by atoms with Gasteiger partial charge in [-0.1, -0.05) is 31.4 Å². The van der Waals surface area contributed by atoms with Crippen LogP contribution in [0.25, 0.3) is 22.2 Å². The highest BCUT2D eigenvalue weighted by molar-refractivity contribution is 5.96. The van der Waals surface area contributed by atoms with Crippen molar-refractivity contribution in [1.82, 2.24) is 9.97 Å². The van der Waals surface area contributed by atoms with E-state index in [0.717, 1.165) is 59.7 Å². The number of anilines is 2. The largest absolute Gasteiger partial charge is 0.385 e. The average molecular weight is 389 g/mol. The minimum atomic E-state index is 0.298. The Hall–Kier alpha value is -2.82. The number of carbonyl (C=O) groups is 1. The third-order valence-electron chi connectivity index (χ3n) is 6.35. The summed E-state index contributed by atoms with van der Waals surface area (Å²) in [6.45, 7) is 1.07. The molecule has 5 nitrogen and oxygen atoms in total. The summed E-state index contributed by atoms with van der Waals surface area (Å²) in [5.41, 5.74) is 4.25. The number of hydrogen-bond donors (Lipinski definition) is 2. The van der Waals surface area contributed by atoms with E-state index in [-0.39, 0.29) is 0 Å². The van der Waals surface area contributed by atoms with Crippen LogP contribution in [0.1, 0.15) is 44.9 Å². The molecule has 1 aromatic carbocycles. The molecule has 0 saturated heterocycles. The number of hydrogen-bond acceptors (Lipinski definition) is 3. The maximum Gasteiger partial charge on any atom is 0.215 e. The maximum atomic E-state index is 11.6. The summed E-state index contributed by atoms with van der Waals surface area (Å²) in [5.74, 6) is 1.54. The second-order valence-electron chi connectivity index (χ2n) is 8.47. The second kappa shape index (κ2) is 7.90. The predicted octanol–water partition coefficient (Wildman–Crippen LogP) is 5.35. The van der Waals surface area contributed by atoms with Crippen molar-refractivity contribution in [2.24, 2.45) is 5.92 Å². The van der Waals surface area contributed by atoms with Gasteiger partial charge in [0, 0.05) is 29.9 Å². The van der Waals surface area contributed by atoms with Gasteiger partial charge in [0.1, 0.15) is 11.5 Å². The number of H-pyrrole nitrogens is 1. The molecule has 0 radical (unpaired) electrons. The Morgan fingerprint density at radius 3 is 2.59 bits per heavy atom. The van der Waals surface area contributed by atoms with Crippen LogP contribution in [0.15, 0.2) is 42.6 Å². The zero-order valence-corrected chi connectivity index (χ0v) is 16.7. The molecule has 3 aromatic rings. The molecule has 0 unspecified atom stereocenters. The summed E-state index contributed by atoms with van der Waals surface area (Å²) >= 11 is 0. The van der Waals surface area contributed by atoms with Crippen LogP contribution in [0.2, 0.25) is 0 Å². The van der Waals surface area contributed by atoms with Gasteiger partial charge in [0.05, 0.1) is 0 Å². The number of amides is 1.